The summed E-state index contributed by atoms with van der Waals surface area (Å²) < 4.78 is 30.7. The van der Waals surface area contributed by atoms with Crippen LogP contribution in [0.25, 0.3) is 17.2 Å². The Balaban J connectivity index is 1.17. The van der Waals surface area contributed by atoms with Crippen molar-refractivity contribution in [2.24, 2.45) is 0 Å². The fourth-order valence-electron chi connectivity index (χ4n) is 6.69. The number of aryl methyl sites for hydroxylation is 2. The summed E-state index contributed by atoms with van der Waals surface area (Å²) in [6.45, 7) is 10.5. The predicted molar refractivity (Wildman–Crippen MR) is 210 cm³/mol. The third kappa shape index (κ3) is 10.2. The van der Waals surface area contributed by atoms with Gasteiger partial charge >= 0.3 is 0 Å². The van der Waals surface area contributed by atoms with Crippen molar-refractivity contribution < 1.29 is 23.2 Å². The first-order valence-electron chi connectivity index (χ1n) is 18.6. The maximum absolute atomic E-state index is 13.8. The van der Waals surface area contributed by atoms with Crippen LogP contribution in [0, 0.1) is 13.8 Å². The van der Waals surface area contributed by atoms with Crippen LogP contribution in [0.5, 0.6) is 5.75 Å². The van der Waals surface area contributed by atoms with Gasteiger partial charge in [-0.05, 0) is 134 Å². The number of carbonyl (C=O) groups is 1. The number of nitrogens with one attached hydrogen (secondary N) is 1. The molecule has 6 rings (SSSR count). The summed E-state index contributed by atoms with van der Waals surface area (Å²) in [7, 11) is -1.22. The normalized spacial score (nSPS) is 17.4. The van der Waals surface area contributed by atoms with Crippen molar-refractivity contribution in [2.75, 3.05) is 49.7 Å². The number of nitrogens with zero attached hydrogens (tertiary/aromatic N) is 2. The van der Waals surface area contributed by atoms with E-state index in [0.717, 1.165) is 109 Å². The van der Waals surface area contributed by atoms with Crippen molar-refractivity contribution >= 4 is 34.2 Å². The van der Waals surface area contributed by atoms with E-state index >= 15 is 0 Å². The van der Waals surface area contributed by atoms with Gasteiger partial charge in [-0.2, -0.15) is 0 Å². The zero-order valence-corrected chi connectivity index (χ0v) is 31.5. The second-order valence-corrected chi connectivity index (χ2v) is 15.1. The molecule has 1 aromatic heterocycles. The average Bonchev–Trinajstić information content (AvgIpc) is 3.66. The lowest BCUT2D eigenvalue weighted by atomic mass is 9.96. The lowest BCUT2D eigenvalue weighted by Gasteiger charge is -2.31. The molecule has 0 radical (unpaired) electrons. The quantitative estimate of drug-likeness (QED) is 0.123. The highest BCUT2D eigenvalue weighted by atomic mass is 32.2. The minimum atomic E-state index is -1.22. The SMILES string of the molecule is CCCCOCCOc1ccc(-c2ccc3c(c2)/C=C(/C(=O)Nc2ccc(S(=O)Cc4cnc(C)cc4C)cc2)CCCN3CC2CCCO2)cc1. The van der Waals surface area contributed by atoms with E-state index in [1.54, 1.807) is 0 Å². The van der Waals surface area contributed by atoms with E-state index in [1.165, 1.54) is 0 Å². The molecule has 1 saturated heterocycles. The number of hydrogen-bond acceptors (Lipinski definition) is 7. The predicted octanol–water partition coefficient (Wildman–Crippen LogP) is 8.67. The van der Waals surface area contributed by atoms with Gasteiger partial charge in [-0.25, -0.2) is 0 Å². The Bertz CT molecular complexity index is 1850. The molecule has 0 aliphatic carbocycles. The maximum Gasteiger partial charge on any atom is 0.251 e. The molecule has 0 saturated carbocycles. The van der Waals surface area contributed by atoms with Crippen LogP contribution in [-0.4, -0.2) is 60.7 Å². The number of ether oxygens (including phenoxy) is 3. The Morgan fingerprint density at radius 2 is 1.79 bits per heavy atom. The van der Waals surface area contributed by atoms with Gasteiger partial charge in [0.15, 0.2) is 0 Å². The molecule has 3 aromatic carbocycles. The molecule has 274 valence electrons. The van der Waals surface area contributed by atoms with Crippen molar-refractivity contribution in [2.45, 2.75) is 76.0 Å². The summed E-state index contributed by atoms with van der Waals surface area (Å²) in [6, 6.07) is 24.0. The molecule has 4 aromatic rings. The molecule has 2 atom stereocenters. The van der Waals surface area contributed by atoms with Gasteiger partial charge in [-0.15, -0.1) is 0 Å². The third-order valence-electron chi connectivity index (χ3n) is 9.66. The molecule has 9 heteroatoms. The molecule has 2 aliphatic heterocycles. The molecule has 1 N–H and O–H groups in total. The Morgan fingerprint density at radius 3 is 2.54 bits per heavy atom. The molecule has 1 fully saturated rings. The van der Waals surface area contributed by atoms with E-state index in [2.05, 4.69) is 52.5 Å². The van der Waals surface area contributed by atoms with E-state index in [1.807, 2.05) is 68.6 Å². The first-order valence-corrected chi connectivity index (χ1v) is 19.9. The van der Waals surface area contributed by atoms with Crippen LogP contribution in [0.4, 0.5) is 11.4 Å². The topological polar surface area (TPSA) is 90.0 Å². The molecule has 8 nitrogen and oxygen atoms in total. The Hall–Kier alpha value is -4.31. The van der Waals surface area contributed by atoms with Gasteiger partial charge in [-0.1, -0.05) is 31.5 Å². The Labute approximate surface area is 311 Å². The van der Waals surface area contributed by atoms with Gasteiger partial charge in [0.2, 0.25) is 0 Å². The van der Waals surface area contributed by atoms with E-state index < -0.39 is 10.8 Å². The summed E-state index contributed by atoms with van der Waals surface area (Å²) in [5.41, 5.74) is 8.68. The first-order chi connectivity index (χ1) is 25.4. The molecular formula is C43H51N3O5S. The van der Waals surface area contributed by atoms with Gasteiger partial charge < -0.3 is 24.4 Å². The maximum atomic E-state index is 13.8. The lowest BCUT2D eigenvalue weighted by molar-refractivity contribution is -0.112. The molecule has 1 amide bonds. The number of fused-ring (bicyclic) bond motifs is 1. The molecule has 52 heavy (non-hydrogen) atoms. The second kappa shape index (κ2) is 18.4. The fraction of sp³-hybridized carbons (Fsp3) is 0.395. The molecule has 0 bridgehead atoms. The average molecular weight is 722 g/mol. The standard InChI is InChI=1S/C43H51N3O5S/c1-4-5-21-49-23-24-51-39-15-10-33(11-16-39)34-12-19-42-36(26-34)27-35(8-6-20-46(42)29-40-9-7-22-50-40)43(47)45-38-13-17-41(18-14-38)52(48)30-37-28-44-32(3)25-31(37)2/h10-19,25-28,40H,4-9,20-24,29-30H2,1-3H3,(H,45,47)/b35-27+. The summed E-state index contributed by atoms with van der Waals surface area (Å²) in [4.78, 5) is 21.3. The number of hydrogen-bond donors (Lipinski definition) is 1. The number of carbonyl (C=O) groups excluding carboxylic acids is 1. The van der Waals surface area contributed by atoms with Crippen molar-refractivity contribution in [1.29, 1.82) is 0 Å². The number of amides is 1. The number of anilines is 2. The Kier molecular flexibility index (Phi) is 13.3. The van der Waals surface area contributed by atoms with Crippen molar-refractivity contribution in [3.63, 3.8) is 0 Å². The lowest BCUT2D eigenvalue weighted by Crippen LogP contribution is -2.34. The molecule has 3 heterocycles. The molecular weight excluding hydrogens is 671 g/mol. The summed E-state index contributed by atoms with van der Waals surface area (Å²) in [5, 5.41) is 3.10. The molecule has 2 aliphatic rings. The fourth-order valence-corrected chi connectivity index (χ4v) is 7.88. The van der Waals surface area contributed by atoms with E-state index in [-0.39, 0.29) is 12.0 Å². The zero-order valence-electron chi connectivity index (χ0n) is 30.7. The van der Waals surface area contributed by atoms with Crippen LogP contribution in [0.1, 0.15) is 67.8 Å². The number of aromatic nitrogens is 1. The van der Waals surface area contributed by atoms with Gasteiger partial charge in [0.05, 0.1) is 29.3 Å². The van der Waals surface area contributed by atoms with E-state index in [9.17, 15) is 9.00 Å². The van der Waals surface area contributed by atoms with Gasteiger partial charge in [0, 0.05) is 60.0 Å². The van der Waals surface area contributed by atoms with Crippen LogP contribution < -0.4 is 15.0 Å². The highest BCUT2D eigenvalue weighted by molar-refractivity contribution is 7.84. The Morgan fingerprint density at radius 1 is 0.981 bits per heavy atom. The van der Waals surface area contributed by atoms with E-state index in [4.69, 9.17) is 14.2 Å². The molecule has 2 unspecified atom stereocenters. The van der Waals surface area contributed by atoms with Gasteiger partial charge in [0.1, 0.15) is 12.4 Å². The summed E-state index contributed by atoms with van der Waals surface area (Å²) in [5.74, 6) is 1.09. The van der Waals surface area contributed by atoms with Gasteiger partial charge in [0.25, 0.3) is 5.91 Å². The zero-order chi connectivity index (χ0) is 36.3. The largest absolute Gasteiger partial charge is 0.491 e. The summed E-state index contributed by atoms with van der Waals surface area (Å²) in [6.07, 6.45) is 9.93. The molecule has 0 spiro atoms. The van der Waals surface area contributed by atoms with Gasteiger partial charge in [-0.3, -0.25) is 14.0 Å². The number of benzene rings is 3. The van der Waals surface area contributed by atoms with Crippen LogP contribution in [0.2, 0.25) is 0 Å². The third-order valence-corrected chi connectivity index (χ3v) is 11.0. The van der Waals surface area contributed by atoms with Crippen LogP contribution in [0.3, 0.4) is 0 Å². The van der Waals surface area contributed by atoms with Crippen molar-refractivity contribution in [3.05, 3.63) is 107 Å². The number of rotatable bonds is 15. The van der Waals surface area contributed by atoms with Crippen LogP contribution in [-0.2, 0) is 30.8 Å². The minimum Gasteiger partial charge on any atom is -0.491 e. The smallest absolute Gasteiger partial charge is 0.251 e. The number of unbranched alkanes of at least 4 members (excludes halogenated alkanes) is 1. The monoisotopic (exact) mass is 721 g/mol. The summed E-state index contributed by atoms with van der Waals surface area (Å²) >= 11 is 0. The van der Waals surface area contributed by atoms with Crippen molar-refractivity contribution in [3.8, 4) is 16.9 Å². The minimum absolute atomic E-state index is 0.126. The number of pyridine rings is 1. The first kappa shape index (κ1) is 37.4. The highest BCUT2D eigenvalue weighted by Gasteiger charge is 2.24. The second-order valence-electron chi connectivity index (χ2n) is 13.7. The van der Waals surface area contributed by atoms with Crippen LogP contribution in [0.15, 0.2) is 89.5 Å². The van der Waals surface area contributed by atoms with Crippen molar-refractivity contribution in [1.82, 2.24) is 4.98 Å². The van der Waals surface area contributed by atoms with E-state index in [0.29, 0.717) is 36.0 Å². The highest BCUT2D eigenvalue weighted by Crippen LogP contribution is 2.34. The van der Waals surface area contributed by atoms with Crippen LogP contribution >= 0.6 is 0 Å².